The Morgan fingerprint density at radius 3 is 2.52 bits per heavy atom. The number of hydrogen-bond acceptors (Lipinski definition) is 4. The van der Waals surface area contributed by atoms with Gasteiger partial charge in [-0.1, -0.05) is 0 Å². The number of nitrogens with one attached hydrogen (secondary N) is 1. The summed E-state index contributed by atoms with van der Waals surface area (Å²) in [5.74, 6) is 1.92. The fourth-order valence-electron chi connectivity index (χ4n) is 3.92. The van der Waals surface area contributed by atoms with Crippen LogP contribution in [0.5, 0.6) is 5.75 Å². The van der Waals surface area contributed by atoms with E-state index in [0.29, 0.717) is 30.6 Å². The standard InChI is InChI=1S/C19H26N4O2/c1-2-21-19(24)23-13-16-9-17(14-23)12-22(11-16)7-8-25-18-5-3-15(10-20)4-6-18/h3-6,16-17H,2,7-9,11-14H2,1H3,(H,21,24). The van der Waals surface area contributed by atoms with E-state index in [1.807, 2.05) is 24.0 Å². The zero-order valence-corrected chi connectivity index (χ0v) is 14.8. The second kappa shape index (κ2) is 8.21. The van der Waals surface area contributed by atoms with Gasteiger partial charge in [0.25, 0.3) is 0 Å². The third kappa shape index (κ3) is 4.64. The van der Waals surface area contributed by atoms with Crippen molar-refractivity contribution in [3.05, 3.63) is 29.8 Å². The first-order valence-electron chi connectivity index (χ1n) is 9.06. The Bertz CT molecular complexity index is 611. The molecule has 3 rings (SSSR count). The van der Waals surface area contributed by atoms with Gasteiger partial charge in [0.15, 0.2) is 0 Å². The lowest BCUT2D eigenvalue weighted by atomic mass is 9.85. The first-order chi connectivity index (χ1) is 12.2. The van der Waals surface area contributed by atoms with Crippen molar-refractivity contribution < 1.29 is 9.53 Å². The van der Waals surface area contributed by atoms with Crippen LogP contribution in [-0.2, 0) is 0 Å². The van der Waals surface area contributed by atoms with Gasteiger partial charge in [0.05, 0.1) is 11.6 Å². The van der Waals surface area contributed by atoms with E-state index in [-0.39, 0.29) is 6.03 Å². The number of hydrogen-bond donors (Lipinski definition) is 1. The maximum Gasteiger partial charge on any atom is 0.317 e. The topological polar surface area (TPSA) is 68.6 Å². The number of rotatable bonds is 5. The van der Waals surface area contributed by atoms with Crippen LogP contribution < -0.4 is 10.1 Å². The normalized spacial score (nSPS) is 23.0. The molecule has 2 bridgehead atoms. The molecule has 2 unspecified atom stereocenters. The van der Waals surface area contributed by atoms with Crippen LogP contribution in [0, 0.1) is 23.2 Å². The predicted molar refractivity (Wildman–Crippen MR) is 95.3 cm³/mol. The lowest BCUT2D eigenvalue weighted by Crippen LogP contribution is -2.56. The van der Waals surface area contributed by atoms with Crippen molar-refractivity contribution in [1.82, 2.24) is 15.1 Å². The van der Waals surface area contributed by atoms with Gasteiger partial charge in [-0.15, -0.1) is 0 Å². The average molecular weight is 342 g/mol. The van der Waals surface area contributed by atoms with E-state index in [9.17, 15) is 4.79 Å². The van der Waals surface area contributed by atoms with Gasteiger partial charge in [-0.3, -0.25) is 4.90 Å². The number of ether oxygens (including phenoxy) is 1. The predicted octanol–water partition coefficient (Wildman–Crippen LogP) is 1.92. The maximum absolute atomic E-state index is 12.0. The quantitative estimate of drug-likeness (QED) is 0.888. The van der Waals surface area contributed by atoms with Gasteiger partial charge in [0.1, 0.15) is 12.4 Å². The lowest BCUT2D eigenvalue weighted by molar-refractivity contribution is 0.0404. The molecule has 0 spiro atoms. The van der Waals surface area contributed by atoms with Crippen LogP contribution in [0.3, 0.4) is 0 Å². The Kier molecular flexibility index (Phi) is 5.77. The summed E-state index contributed by atoms with van der Waals surface area (Å²) in [4.78, 5) is 16.5. The summed E-state index contributed by atoms with van der Waals surface area (Å²) in [5, 5.41) is 11.7. The zero-order chi connectivity index (χ0) is 17.6. The molecule has 0 aromatic heterocycles. The van der Waals surface area contributed by atoms with Crippen molar-refractivity contribution in [3.63, 3.8) is 0 Å². The third-order valence-corrected chi connectivity index (χ3v) is 4.93. The summed E-state index contributed by atoms with van der Waals surface area (Å²) < 4.78 is 5.80. The van der Waals surface area contributed by atoms with E-state index in [1.54, 1.807) is 12.1 Å². The minimum Gasteiger partial charge on any atom is -0.492 e. The SMILES string of the molecule is CCNC(=O)N1CC2CC(CN(CCOc3ccc(C#N)cc3)C2)C1. The van der Waals surface area contributed by atoms with Crippen molar-refractivity contribution in [3.8, 4) is 11.8 Å². The molecular weight excluding hydrogens is 316 g/mol. The maximum atomic E-state index is 12.0. The summed E-state index contributed by atoms with van der Waals surface area (Å²) in [6.45, 7) is 7.96. The summed E-state index contributed by atoms with van der Waals surface area (Å²) in [6, 6.07) is 9.42. The van der Waals surface area contributed by atoms with E-state index < -0.39 is 0 Å². The summed E-state index contributed by atoms with van der Waals surface area (Å²) in [6.07, 6.45) is 1.23. The molecular formula is C19H26N4O2. The number of fused-ring (bicyclic) bond motifs is 2. The molecule has 0 aliphatic carbocycles. The number of carbonyl (C=O) groups is 1. The monoisotopic (exact) mass is 342 g/mol. The molecule has 1 aromatic carbocycles. The van der Waals surface area contributed by atoms with E-state index in [1.165, 1.54) is 6.42 Å². The minimum atomic E-state index is 0.0785. The summed E-state index contributed by atoms with van der Waals surface area (Å²) in [7, 11) is 0. The molecule has 0 radical (unpaired) electrons. The van der Waals surface area contributed by atoms with Crippen LogP contribution >= 0.6 is 0 Å². The Morgan fingerprint density at radius 1 is 1.24 bits per heavy atom. The van der Waals surface area contributed by atoms with Gasteiger partial charge >= 0.3 is 6.03 Å². The van der Waals surface area contributed by atoms with Crippen molar-refractivity contribution >= 4 is 6.03 Å². The van der Waals surface area contributed by atoms with E-state index in [4.69, 9.17) is 10.00 Å². The highest BCUT2D eigenvalue weighted by Gasteiger charge is 2.35. The molecule has 2 heterocycles. The fourth-order valence-corrected chi connectivity index (χ4v) is 3.92. The molecule has 0 saturated carbocycles. The second-order valence-electron chi connectivity index (χ2n) is 6.95. The van der Waals surface area contributed by atoms with Gasteiger partial charge in [0, 0.05) is 39.3 Å². The van der Waals surface area contributed by atoms with Crippen molar-refractivity contribution in [2.45, 2.75) is 13.3 Å². The molecule has 2 aliphatic rings. The Morgan fingerprint density at radius 2 is 1.92 bits per heavy atom. The molecule has 2 atom stereocenters. The van der Waals surface area contributed by atoms with Crippen LogP contribution in [0.2, 0.25) is 0 Å². The first kappa shape index (κ1) is 17.6. The summed E-state index contributed by atoms with van der Waals surface area (Å²) >= 11 is 0. The van der Waals surface area contributed by atoms with Crippen molar-refractivity contribution in [2.24, 2.45) is 11.8 Å². The van der Waals surface area contributed by atoms with Crippen LogP contribution in [-0.4, -0.2) is 61.7 Å². The number of carbonyl (C=O) groups excluding carboxylic acids is 1. The largest absolute Gasteiger partial charge is 0.492 e. The van der Waals surface area contributed by atoms with Gasteiger partial charge in [-0.25, -0.2) is 4.79 Å². The number of urea groups is 1. The fraction of sp³-hybridized carbons (Fsp3) is 0.579. The molecule has 2 saturated heterocycles. The highest BCUT2D eigenvalue weighted by atomic mass is 16.5. The second-order valence-corrected chi connectivity index (χ2v) is 6.95. The zero-order valence-electron chi connectivity index (χ0n) is 14.8. The lowest BCUT2D eigenvalue weighted by Gasteiger charge is -2.45. The molecule has 134 valence electrons. The smallest absolute Gasteiger partial charge is 0.317 e. The van der Waals surface area contributed by atoms with Crippen LogP contribution in [0.15, 0.2) is 24.3 Å². The first-order valence-corrected chi connectivity index (χ1v) is 9.06. The van der Waals surface area contributed by atoms with Crippen LogP contribution in [0.4, 0.5) is 4.79 Å². The van der Waals surface area contributed by atoms with Crippen molar-refractivity contribution in [2.75, 3.05) is 45.9 Å². The van der Waals surface area contributed by atoms with Crippen LogP contribution in [0.1, 0.15) is 18.9 Å². The van der Waals surface area contributed by atoms with Gasteiger partial charge in [0.2, 0.25) is 0 Å². The van der Waals surface area contributed by atoms with Gasteiger partial charge in [-0.05, 0) is 49.4 Å². The minimum absolute atomic E-state index is 0.0785. The van der Waals surface area contributed by atoms with Gasteiger partial charge < -0.3 is 15.0 Å². The van der Waals surface area contributed by atoms with Crippen molar-refractivity contribution in [1.29, 1.82) is 5.26 Å². The molecule has 1 N–H and O–H groups in total. The number of nitrogens with zero attached hydrogens (tertiary/aromatic N) is 3. The number of amides is 2. The Balaban J connectivity index is 1.44. The van der Waals surface area contributed by atoms with E-state index >= 15 is 0 Å². The highest BCUT2D eigenvalue weighted by molar-refractivity contribution is 5.74. The molecule has 1 aromatic rings. The Labute approximate surface area is 149 Å². The third-order valence-electron chi connectivity index (χ3n) is 4.93. The molecule has 2 amide bonds. The molecule has 25 heavy (non-hydrogen) atoms. The van der Waals surface area contributed by atoms with E-state index in [2.05, 4.69) is 16.3 Å². The number of nitriles is 1. The summed E-state index contributed by atoms with van der Waals surface area (Å²) in [5.41, 5.74) is 0.646. The Hall–Kier alpha value is -2.26. The molecule has 2 fully saturated rings. The van der Waals surface area contributed by atoms with Crippen LogP contribution in [0.25, 0.3) is 0 Å². The number of benzene rings is 1. The number of piperidine rings is 2. The van der Waals surface area contributed by atoms with Gasteiger partial charge in [-0.2, -0.15) is 5.26 Å². The highest BCUT2D eigenvalue weighted by Crippen LogP contribution is 2.28. The average Bonchev–Trinajstić information content (AvgIpc) is 2.62. The number of likely N-dealkylation sites (tertiary alicyclic amines) is 2. The molecule has 2 aliphatic heterocycles. The van der Waals surface area contributed by atoms with E-state index in [0.717, 1.165) is 38.5 Å². The molecule has 6 nitrogen and oxygen atoms in total. The molecule has 6 heteroatoms.